The minimum Gasteiger partial charge on any atom is -0.494 e. The van der Waals surface area contributed by atoms with Crippen molar-refractivity contribution in [2.75, 3.05) is 27.4 Å². The molecule has 5 rings (SSSR count). The van der Waals surface area contributed by atoms with Crippen molar-refractivity contribution in [2.24, 2.45) is 17.8 Å². The van der Waals surface area contributed by atoms with Crippen LogP contribution in [0.15, 0.2) is 12.1 Å². The number of amides is 4. The molecule has 0 spiro atoms. The van der Waals surface area contributed by atoms with Crippen molar-refractivity contribution in [3.8, 4) is 11.6 Å². The summed E-state index contributed by atoms with van der Waals surface area (Å²) in [6.07, 6.45) is -5.22. The molecular weight excluding hydrogens is 833 g/mol. The average Bonchev–Trinajstić information content (AvgIpc) is 4.01. The summed E-state index contributed by atoms with van der Waals surface area (Å²) in [6.45, 7) is 11.4. The quantitative estimate of drug-likeness (QED) is 0.179. The number of hydrogen-bond donors (Lipinski definition) is 3. The first-order valence-corrected chi connectivity index (χ1v) is 21.7. The number of rotatable bonds is 17. The lowest BCUT2D eigenvalue weighted by Gasteiger charge is -2.34. The number of alkyl carbamates (subject to hydrolysis) is 1. The van der Waals surface area contributed by atoms with Crippen LogP contribution in [0.2, 0.25) is 0 Å². The average molecular weight is 889 g/mol. The Morgan fingerprint density at radius 2 is 1.70 bits per heavy atom. The number of alkyl halides is 3. The number of carbonyl (C=O) groups is 4. The van der Waals surface area contributed by atoms with Gasteiger partial charge >= 0.3 is 12.3 Å². The van der Waals surface area contributed by atoms with Gasteiger partial charge in [-0.15, -0.1) is 0 Å². The van der Waals surface area contributed by atoms with E-state index < -0.39 is 122 Å². The van der Waals surface area contributed by atoms with Gasteiger partial charge in [-0.05, 0) is 65.2 Å². The molecule has 3 aliphatic rings. The Balaban J connectivity index is 1.55. The van der Waals surface area contributed by atoms with E-state index in [-0.39, 0.29) is 30.2 Å². The first-order valence-electron chi connectivity index (χ1n) is 20.2. The molecule has 1 saturated heterocycles. The van der Waals surface area contributed by atoms with Crippen molar-refractivity contribution in [3.05, 3.63) is 23.6 Å². The third-order valence-corrected chi connectivity index (χ3v) is 13.6. The fourth-order valence-electron chi connectivity index (χ4n) is 7.69. The van der Waals surface area contributed by atoms with Gasteiger partial charge in [-0.25, -0.2) is 27.6 Å². The molecule has 2 heterocycles. The molecule has 21 heteroatoms. The molecule has 0 bridgehead atoms. The van der Waals surface area contributed by atoms with E-state index in [2.05, 4.69) is 25.3 Å². The maximum absolute atomic E-state index is 15.0. The number of benzene rings is 1. The lowest BCUT2D eigenvalue weighted by molar-refractivity contribution is -0.143. The molecule has 340 valence electrons. The number of sulfonamides is 1. The van der Waals surface area contributed by atoms with Gasteiger partial charge in [0.15, 0.2) is 11.6 Å². The van der Waals surface area contributed by atoms with Crippen LogP contribution in [0.3, 0.4) is 0 Å². The zero-order chi connectivity index (χ0) is 45.5. The van der Waals surface area contributed by atoms with E-state index in [0.717, 1.165) is 37.0 Å². The Bertz CT molecular complexity index is 2110. The van der Waals surface area contributed by atoms with Crippen LogP contribution in [0, 0.1) is 23.6 Å². The van der Waals surface area contributed by atoms with Crippen LogP contribution < -0.4 is 24.8 Å². The van der Waals surface area contributed by atoms with Crippen molar-refractivity contribution in [3.63, 3.8) is 0 Å². The van der Waals surface area contributed by atoms with Crippen LogP contribution in [0.1, 0.15) is 99.1 Å². The lowest BCUT2D eigenvalue weighted by atomic mass is 9.87. The van der Waals surface area contributed by atoms with Gasteiger partial charge in [0.1, 0.15) is 29.3 Å². The summed E-state index contributed by atoms with van der Waals surface area (Å²) in [5, 5.41) is 5.31. The number of fused-ring (bicyclic) bond motifs is 1. The third-order valence-electron chi connectivity index (χ3n) is 11.5. The molecule has 61 heavy (non-hydrogen) atoms. The molecule has 7 atom stereocenters. The normalized spacial score (nSPS) is 23.7. The molecule has 0 unspecified atom stereocenters. The Labute approximate surface area is 352 Å². The third kappa shape index (κ3) is 10.7. The second-order valence-corrected chi connectivity index (χ2v) is 19.9. The maximum atomic E-state index is 15.0. The standard InChI is InChI=1S/C40H56F4N6O10S/c1-10-11-21(2)14-23(20-57-8)30(47-36(54)60-37(4,5)6)34(52)50-19-24(59-33-31(40(42,43)44)45-26-16-25(41)29(58-9)17-27(26)46-33)15-28(50)32(51)48-39(18-22(39)3)35(53)49-61(55,56)38(7)12-13-38/h16-17,21-24,28,30H,10-15,18-20H2,1-9H3,(H,47,54)(H,48,51)(H,49,53)/t21-,22-,23+,24-,28+,30+,39-/m1/s1. The van der Waals surface area contributed by atoms with Gasteiger partial charge in [-0.3, -0.25) is 19.1 Å². The molecule has 1 aliphatic heterocycles. The van der Waals surface area contributed by atoms with Gasteiger partial charge < -0.3 is 34.5 Å². The van der Waals surface area contributed by atoms with E-state index in [0.29, 0.717) is 19.3 Å². The molecule has 1 aromatic carbocycles. The van der Waals surface area contributed by atoms with Crippen LogP contribution in [0.25, 0.3) is 11.0 Å². The highest BCUT2D eigenvalue weighted by molar-refractivity contribution is 7.91. The number of carbonyl (C=O) groups excluding carboxylic acids is 4. The van der Waals surface area contributed by atoms with Gasteiger partial charge in [-0.2, -0.15) is 13.2 Å². The number of nitrogens with zero attached hydrogens (tertiary/aromatic N) is 3. The highest BCUT2D eigenvalue weighted by atomic mass is 32.2. The van der Waals surface area contributed by atoms with E-state index >= 15 is 0 Å². The largest absolute Gasteiger partial charge is 0.494 e. The SMILES string of the molecule is CCC[C@@H](C)C[C@@H](COC)[C@H](NC(=O)OC(C)(C)C)C(=O)N1C[C@H](Oc2nc3cc(OC)c(F)cc3nc2C(F)(F)F)C[C@H]1C(=O)N[C@]1(C(=O)NS(=O)(=O)C2(C)CC2)C[C@H]1C. The topological polar surface area (TPSA) is 204 Å². The van der Waals surface area contributed by atoms with Gasteiger partial charge in [0.25, 0.3) is 5.91 Å². The summed E-state index contributed by atoms with van der Waals surface area (Å²) in [4.78, 5) is 65.0. The second kappa shape index (κ2) is 17.7. The molecule has 16 nitrogen and oxygen atoms in total. The number of hydrogen-bond acceptors (Lipinski definition) is 12. The minimum absolute atomic E-state index is 0.0231. The zero-order valence-corrected chi connectivity index (χ0v) is 36.6. The summed E-state index contributed by atoms with van der Waals surface area (Å²) < 4.78 is 107. The summed E-state index contributed by atoms with van der Waals surface area (Å²) in [6, 6.07) is -1.14. The van der Waals surface area contributed by atoms with Gasteiger partial charge in [0.05, 0.1) is 36.0 Å². The van der Waals surface area contributed by atoms with Crippen molar-refractivity contribution >= 4 is 44.9 Å². The monoisotopic (exact) mass is 888 g/mol. The van der Waals surface area contributed by atoms with E-state index in [9.17, 15) is 45.2 Å². The zero-order valence-electron chi connectivity index (χ0n) is 35.8. The summed E-state index contributed by atoms with van der Waals surface area (Å²) in [5.41, 5.74) is -4.93. The summed E-state index contributed by atoms with van der Waals surface area (Å²) in [5.74, 6) is -6.22. The fraction of sp³-hybridized carbons (Fsp3) is 0.700. The fourth-order valence-corrected chi connectivity index (χ4v) is 9.00. The molecule has 2 aromatic rings. The van der Waals surface area contributed by atoms with E-state index in [4.69, 9.17) is 18.9 Å². The van der Waals surface area contributed by atoms with E-state index in [1.807, 2.05) is 13.8 Å². The highest BCUT2D eigenvalue weighted by Crippen LogP contribution is 2.46. The van der Waals surface area contributed by atoms with E-state index in [1.54, 1.807) is 27.7 Å². The molecule has 2 saturated carbocycles. The summed E-state index contributed by atoms with van der Waals surface area (Å²) >= 11 is 0. The number of ether oxygens (including phenoxy) is 4. The van der Waals surface area contributed by atoms with Crippen LogP contribution in [-0.4, -0.2) is 109 Å². The summed E-state index contributed by atoms with van der Waals surface area (Å²) in [7, 11) is -1.54. The number of likely N-dealkylation sites (tertiary alicyclic amines) is 1. The Kier molecular flexibility index (Phi) is 13.8. The van der Waals surface area contributed by atoms with Crippen molar-refractivity contribution in [2.45, 2.75) is 134 Å². The molecule has 3 fully saturated rings. The number of methoxy groups -OCH3 is 2. The first-order chi connectivity index (χ1) is 28.3. The smallest absolute Gasteiger partial charge is 0.438 e. The van der Waals surface area contributed by atoms with Gasteiger partial charge in [0, 0.05) is 31.6 Å². The molecular formula is C40H56F4N6O10S. The predicted octanol–water partition coefficient (Wildman–Crippen LogP) is 5.02. The molecule has 4 amide bonds. The molecule has 2 aliphatic carbocycles. The minimum atomic E-state index is -5.15. The van der Waals surface area contributed by atoms with Crippen molar-refractivity contribution < 1.29 is 64.1 Å². The Hall–Kier alpha value is -4.53. The van der Waals surface area contributed by atoms with Crippen LogP contribution in [-0.2, 0) is 40.1 Å². The van der Waals surface area contributed by atoms with E-state index in [1.165, 1.54) is 14.0 Å². The second-order valence-electron chi connectivity index (χ2n) is 17.8. The van der Waals surface area contributed by atoms with Crippen molar-refractivity contribution in [1.82, 2.24) is 30.2 Å². The van der Waals surface area contributed by atoms with Crippen LogP contribution >= 0.6 is 0 Å². The number of halogens is 4. The molecule has 3 N–H and O–H groups in total. The number of aromatic nitrogens is 2. The molecule has 1 aromatic heterocycles. The van der Waals surface area contributed by atoms with Gasteiger partial charge in [0.2, 0.25) is 33.4 Å². The van der Waals surface area contributed by atoms with Crippen LogP contribution in [0.4, 0.5) is 22.4 Å². The Morgan fingerprint density at radius 1 is 1.07 bits per heavy atom. The number of nitrogens with one attached hydrogen (secondary N) is 3. The van der Waals surface area contributed by atoms with Gasteiger partial charge in [-0.1, -0.05) is 33.6 Å². The Morgan fingerprint density at radius 3 is 2.25 bits per heavy atom. The first kappa shape index (κ1) is 47.5. The maximum Gasteiger partial charge on any atom is 0.438 e. The van der Waals surface area contributed by atoms with Crippen LogP contribution in [0.5, 0.6) is 11.6 Å². The lowest BCUT2D eigenvalue weighted by Crippen LogP contribution is -2.60. The van der Waals surface area contributed by atoms with Crippen molar-refractivity contribution in [1.29, 1.82) is 0 Å². The predicted molar refractivity (Wildman–Crippen MR) is 212 cm³/mol. The molecule has 0 radical (unpaired) electrons. The highest BCUT2D eigenvalue weighted by Gasteiger charge is 2.62.